The van der Waals surface area contributed by atoms with Crippen LogP contribution in [0.1, 0.15) is 29.5 Å². The summed E-state index contributed by atoms with van der Waals surface area (Å²) in [5.41, 5.74) is 1.88. The van der Waals surface area contributed by atoms with E-state index in [1.165, 1.54) is 0 Å². The number of benzene rings is 2. The average Bonchev–Trinajstić information content (AvgIpc) is 3.37. The van der Waals surface area contributed by atoms with Crippen molar-refractivity contribution in [1.29, 1.82) is 0 Å². The lowest BCUT2D eigenvalue weighted by Gasteiger charge is -2.19. The first-order chi connectivity index (χ1) is 15.4. The minimum Gasteiger partial charge on any atom is -0.416 e. The first-order valence-corrected chi connectivity index (χ1v) is 13.3. The van der Waals surface area contributed by atoms with E-state index in [1.54, 1.807) is 12.1 Å². The molecule has 0 radical (unpaired) electrons. The molecule has 1 fully saturated rings. The van der Waals surface area contributed by atoms with Gasteiger partial charge in [0.05, 0.1) is 23.3 Å². The van der Waals surface area contributed by atoms with E-state index >= 15 is 0 Å². The van der Waals surface area contributed by atoms with Crippen LogP contribution in [0.3, 0.4) is 0 Å². The number of aromatic nitrogens is 2. The number of thioether (sulfide) groups is 1. The third kappa shape index (κ3) is 6.11. The van der Waals surface area contributed by atoms with Gasteiger partial charge in [-0.05, 0) is 35.6 Å². The maximum atomic E-state index is 12.7. The lowest BCUT2D eigenvalue weighted by molar-refractivity contribution is -0.119. The van der Waals surface area contributed by atoms with Crippen molar-refractivity contribution in [3.63, 3.8) is 0 Å². The van der Waals surface area contributed by atoms with Crippen LogP contribution in [-0.2, 0) is 21.1 Å². The van der Waals surface area contributed by atoms with Gasteiger partial charge in [-0.3, -0.25) is 4.79 Å². The van der Waals surface area contributed by atoms with Gasteiger partial charge >= 0.3 is 0 Å². The first kappa shape index (κ1) is 22.8. The molecule has 4 rings (SSSR count). The fourth-order valence-electron chi connectivity index (χ4n) is 3.65. The van der Waals surface area contributed by atoms with E-state index in [0.717, 1.165) is 22.9 Å². The van der Waals surface area contributed by atoms with Gasteiger partial charge in [-0.25, -0.2) is 8.42 Å². The Morgan fingerprint density at radius 1 is 1.12 bits per heavy atom. The highest BCUT2D eigenvalue weighted by Crippen LogP contribution is 2.26. The summed E-state index contributed by atoms with van der Waals surface area (Å²) in [5.74, 6) is 0.706. The van der Waals surface area contributed by atoms with Crippen LogP contribution in [0.5, 0.6) is 0 Å². The summed E-state index contributed by atoms with van der Waals surface area (Å²) < 4.78 is 28.8. The average molecular weight is 492 g/mol. The van der Waals surface area contributed by atoms with E-state index in [4.69, 9.17) is 16.0 Å². The Morgan fingerprint density at radius 2 is 1.84 bits per heavy atom. The second-order valence-electron chi connectivity index (χ2n) is 7.69. The Bertz CT molecular complexity index is 1170. The van der Waals surface area contributed by atoms with Crippen molar-refractivity contribution in [3.05, 3.63) is 76.6 Å². The molecular weight excluding hydrogens is 470 g/mol. The molecule has 0 unspecified atom stereocenters. The quantitative estimate of drug-likeness (QED) is 0.479. The summed E-state index contributed by atoms with van der Waals surface area (Å²) in [7, 11) is -2.95. The van der Waals surface area contributed by atoms with Gasteiger partial charge in [-0.2, -0.15) is 0 Å². The molecular formula is C22H22ClN3O4S2. The summed E-state index contributed by atoms with van der Waals surface area (Å²) in [6.45, 7) is 0. The summed E-state index contributed by atoms with van der Waals surface area (Å²) in [6.07, 6.45) is 1.05. The highest BCUT2D eigenvalue weighted by molar-refractivity contribution is 7.99. The minimum atomic E-state index is -2.95. The Morgan fingerprint density at radius 3 is 2.53 bits per heavy atom. The van der Waals surface area contributed by atoms with Gasteiger partial charge in [-0.1, -0.05) is 65.8 Å². The molecule has 1 aromatic heterocycles. The van der Waals surface area contributed by atoms with Crippen molar-refractivity contribution in [2.45, 2.75) is 24.1 Å². The Labute approximate surface area is 195 Å². The molecule has 0 spiro atoms. The smallest absolute Gasteiger partial charge is 0.277 e. The third-order valence-electron chi connectivity index (χ3n) is 5.21. The lowest BCUT2D eigenvalue weighted by atomic mass is 9.99. The predicted molar refractivity (Wildman–Crippen MR) is 123 cm³/mol. The zero-order chi connectivity index (χ0) is 22.6. The molecule has 7 nitrogen and oxygen atoms in total. The van der Waals surface area contributed by atoms with E-state index in [2.05, 4.69) is 15.5 Å². The SMILES string of the molecule is O=C(CSc1nnc(C[C@@H]2CCS(=O)(=O)C2)o1)N[C@@H](c1ccccc1)c1ccc(Cl)cc1. The van der Waals surface area contributed by atoms with E-state index in [0.29, 0.717) is 29.0 Å². The maximum absolute atomic E-state index is 12.7. The minimum absolute atomic E-state index is 0.00704. The van der Waals surface area contributed by atoms with E-state index in [-0.39, 0.29) is 35.1 Å². The summed E-state index contributed by atoms with van der Waals surface area (Å²) in [5, 5.41) is 11.9. The van der Waals surface area contributed by atoms with Gasteiger partial charge < -0.3 is 9.73 Å². The molecule has 2 heterocycles. The molecule has 1 amide bonds. The number of hydrogen-bond donors (Lipinski definition) is 1. The molecule has 2 aromatic carbocycles. The van der Waals surface area contributed by atoms with Crippen LogP contribution in [-0.4, -0.2) is 41.8 Å². The third-order valence-corrected chi connectivity index (χ3v) is 8.11. The van der Waals surface area contributed by atoms with Gasteiger partial charge in [0.2, 0.25) is 11.8 Å². The molecule has 2 atom stereocenters. The fourth-order valence-corrected chi connectivity index (χ4v) is 6.23. The molecule has 0 saturated carbocycles. The number of carbonyl (C=O) groups is 1. The van der Waals surface area contributed by atoms with Crippen molar-refractivity contribution in [1.82, 2.24) is 15.5 Å². The Hall–Kier alpha value is -2.36. The lowest BCUT2D eigenvalue weighted by Crippen LogP contribution is -2.30. The normalized spacial score (nSPS) is 18.3. The van der Waals surface area contributed by atoms with Crippen molar-refractivity contribution in [2.24, 2.45) is 5.92 Å². The van der Waals surface area contributed by atoms with Crippen LogP contribution < -0.4 is 5.32 Å². The Kier molecular flexibility index (Phi) is 7.17. The highest BCUT2D eigenvalue weighted by Gasteiger charge is 2.29. The van der Waals surface area contributed by atoms with Gasteiger partial charge in [0.25, 0.3) is 5.22 Å². The molecule has 1 aliphatic heterocycles. The molecule has 3 aromatic rings. The predicted octanol–water partition coefficient (Wildman–Crippen LogP) is 3.70. The van der Waals surface area contributed by atoms with Crippen LogP contribution in [0.4, 0.5) is 0 Å². The summed E-state index contributed by atoms with van der Waals surface area (Å²) in [4.78, 5) is 12.7. The topological polar surface area (TPSA) is 102 Å². The van der Waals surface area contributed by atoms with Crippen molar-refractivity contribution < 1.29 is 17.6 Å². The fraction of sp³-hybridized carbons (Fsp3) is 0.318. The number of nitrogens with one attached hydrogen (secondary N) is 1. The molecule has 1 N–H and O–H groups in total. The number of halogens is 1. The summed E-state index contributed by atoms with van der Waals surface area (Å²) >= 11 is 7.16. The number of sulfone groups is 1. The van der Waals surface area contributed by atoms with Crippen LogP contribution in [0.25, 0.3) is 0 Å². The van der Waals surface area contributed by atoms with E-state index in [9.17, 15) is 13.2 Å². The molecule has 0 aliphatic carbocycles. The number of carbonyl (C=O) groups excluding carboxylic acids is 1. The zero-order valence-electron chi connectivity index (χ0n) is 17.1. The monoisotopic (exact) mass is 491 g/mol. The van der Waals surface area contributed by atoms with Crippen LogP contribution in [0, 0.1) is 5.92 Å². The first-order valence-electron chi connectivity index (χ1n) is 10.1. The van der Waals surface area contributed by atoms with Gasteiger partial charge in [-0.15, -0.1) is 10.2 Å². The van der Waals surface area contributed by atoms with E-state index < -0.39 is 9.84 Å². The molecule has 32 heavy (non-hydrogen) atoms. The number of hydrogen-bond acceptors (Lipinski definition) is 7. The van der Waals surface area contributed by atoms with Gasteiger partial charge in [0.15, 0.2) is 9.84 Å². The standard InChI is InChI=1S/C22H22ClN3O4S2/c23-18-8-6-17(7-9-18)21(16-4-2-1-3-5-16)24-19(27)13-31-22-26-25-20(30-22)12-15-10-11-32(28,29)14-15/h1-9,15,21H,10-14H2,(H,24,27)/t15-,21-/m0/s1. The van der Waals surface area contributed by atoms with Crippen LogP contribution in [0.2, 0.25) is 5.02 Å². The van der Waals surface area contributed by atoms with Crippen molar-refractivity contribution in [2.75, 3.05) is 17.3 Å². The number of nitrogens with zero attached hydrogens (tertiary/aromatic N) is 2. The van der Waals surface area contributed by atoms with Crippen molar-refractivity contribution >= 4 is 39.1 Å². The number of rotatable bonds is 8. The molecule has 1 saturated heterocycles. The maximum Gasteiger partial charge on any atom is 0.277 e. The summed E-state index contributed by atoms with van der Waals surface area (Å²) in [6, 6.07) is 16.7. The highest BCUT2D eigenvalue weighted by atomic mass is 35.5. The Balaban J connectivity index is 1.36. The molecule has 1 aliphatic rings. The second-order valence-corrected chi connectivity index (χ2v) is 11.3. The number of amides is 1. The van der Waals surface area contributed by atoms with Crippen LogP contribution >= 0.6 is 23.4 Å². The van der Waals surface area contributed by atoms with Gasteiger partial charge in [0.1, 0.15) is 0 Å². The molecule has 0 bridgehead atoms. The molecule has 10 heteroatoms. The zero-order valence-corrected chi connectivity index (χ0v) is 19.5. The van der Waals surface area contributed by atoms with Crippen LogP contribution in [0.15, 0.2) is 64.2 Å². The second kappa shape index (κ2) is 10.1. The van der Waals surface area contributed by atoms with E-state index in [1.807, 2.05) is 42.5 Å². The largest absolute Gasteiger partial charge is 0.416 e. The van der Waals surface area contributed by atoms with Gasteiger partial charge in [0, 0.05) is 11.4 Å². The molecule has 168 valence electrons. The van der Waals surface area contributed by atoms with Crippen molar-refractivity contribution in [3.8, 4) is 0 Å².